The smallest absolute Gasteiger partial charge is 0.354 e. The number of carbonyl (C=O) groups excluding carboxylic acids is 1. The van der Waals surface area contributed by atoms with Crippen molar-refractivity contribution < 1.29 is 22.5 Å². The lowest BCUT2D eigenvalue weighted by Gasteiger charge is -2.26. The van der Waals surface area contributed by atoms with E-state index in [1.807, 2.05) is 42.2 Å². The lowest BCUT2D eigenvalue weighted by atomic mass is 9.95. The zero-order valence-electron chi connectivity index (χ0n) is 23.5. The Morgan fingerprint density at radius 1 is 1.00 bits per heavy atom. The van der Waals surface area contributed by atoms with E-state index in [9.17, 15) is 18.0 Å². The number of alkyl halides is 3. The van der Waals surface area contributed by atoms with E-state index in [1.165, 1.54) is 6.07 Å². The largest absolute Gasteiger partial charge is 0.416 e. The Morgan fingerprint density at radius 3 is 2.49 bits per heavy atom. The second-order valence-corrected chi connectivity index (χ2v) is 10.9. The van der Waals surface area contributed by atoms with E-state index < -0.39 is 11.7 Å². The van der Waals surface area contributed by atoms with Crippen molar-refractivity contribution in [2.45, 2.75) is 52.1 Å². The second-order valence-electron chi connectivity index (χ2n) is 10.9. The molecule has 2 aromatic carbocycles. The van der Waals surface area contributed by atoms with Crippen molar-refractivity contribution in [3.8, 4) is 11.3 Å². The minimum Gasteiger partial charge on any atom is -0.354 e. The maximum Gasteiger partial charge on any atom is 0.416 e. The van der Waals surface area contributed by atoms with Crippen molar-refractivity contribution in [2.75, 3.05) is 31.1 Å². The van der Waals surface area contributed by atoms with Gasteiger partial charge in [0, 0.05) is 38.2 Å². The van der Waals surface area contributed by atoms with Crippen LogP contribution in [0.1, 0.15) is 56.5 Å². The van der Waals surface area contributed by atoms with E-state index in [4.69, 9.17) is 9.51 Å². The third-order valence-electron chi connectivity index (χ3n) is 7.43. The SMILES string of the molecule is CC[C@@H](C(=O)N1CCCN(c2nc(CC(C)C)nc3onc(-c4cccc(C(F)(F)F)c4)c23)CC1)c1ccccc1. The van der Waals surface area contributed by atoms with Crippen LogP contribution in [0.15, 0.2) is 59.1 Å². The molecule has 0 unspecified atom stereocenters. The van der Waals surface area contributed by atoms with Crippen LogP contribution in [0.5, 0.6) is 0 Å². The van der Waals surface area contributed by atoms with Gasteiger partial charge >= 0.3 is 6.18 Å². The molecule has 7 nitrogen and oxygen atoms in total. The lowest BCUT2D eigenvalue weighted by molar-refractivity contribution is -0.137. The van der Waals surface area contributed by atoms with Crippen molar-refractivity contribution in [3.63, 3.8) is 0 Å². The molecule has 1 saturated heterocycles. The molecular weight excluding hydrogens is 531 g/mol. The minimum atomic E-state index is -4.49. The van der Waals surface area contributed by atoms with Crippen molar-refractivity contribution in [1.29, 1.82) is 0 Å². The molecule has 41 heavy (non-hydrogen) atoms. The maximum absolute atomic E-state index is 13.6. The summed E-state index contributed by atoms with van der Waals surface area (Å²) in [5, 5.41) is 4.64. The molecule has 5 rings (SSSR count). The normalized spacial score (nSPS) is 15.4. The van der Waals surface area contributed by atoms with Crippen LogP contribution in [-0.2, 0) is 17.4 Å². The standard InChI is InChI=1S/C31H34F3N5O2/c1-4-24(21-10-6-5-7-11-21)30(40)39-15-9-14-38(16-17-39)28-26-27(22-12-8-13-23(19-22)31(32,33)34)37-41-29(26)36-25(35-28)18-20(2)3/h5-8,10-13,19-20,24H,4,9,14-18H2,1-3H3/t24-/m1/s1. The summed E-state index contributed by atoms with van der Waals surface area (Å²) in [7, 11) is 0. The van der Waals surface area contributed by atoms with Crippen molar-refractivity contribution in [1.82, 2.24) is 20.0 Å². The predicted molar refractivity (Wildman–Crippen MR) is 151 cm³/mol. The van der Waals surface area contributed by atoms with Gasteiger partial charge in [-0.1, -0.05) is 68.4 Å². The molecule has 3 heterocycles. The van der Waals surface area contributed by atoms with Crippen molar-refractivity contribution in [2.24, 2.45) is 5.92 Å². The van der Waals surface area contributed by atoms with Crippen LogP contribution < -0.4 is 4.90 Å². The van der Waals surface area contributed by atoms with Gasteiger partial charge in [0.15, 0.2) is 0 Å². The highest BCUT2D eigenvalue weighted by molar-refractivity contribution is 5.98. The first kappa shape index (κ1) is 28.6. The molecule has 1 aliphatic rings. The number of hydrogen-bond donors (Lipinski definition) is 0. The summed E-state index contributed by atoms with van der Waals surface area (Å²) in [4.78, 5) is 27.0. The van der Waals surface area contributed by atoms with Crippen molar-refractivity contribution >= 4 is 22.8 Å². The molecule has 1 atom stereocenters. The Balaban J connectivity index is 1.49. The monoisotopic (exact) mass is 565 g/mol. The van der Waals surface area contributed by atoms with Gasteiger partial charge < -0.3 is 14.3 Å². The summed E-state index contributed by atoms with van der Waals surface area (Å²) < 4.78 is 46.1. The molecule has 0 aliphatic carbocycles. The maximum atomic E-state index is 13.6. The van der Waals surface area contributed by atoms with E-state index >= 15 is 0 Å². The second kappa shape index (κ2) is 11.9. The van der Waals surface area contributed by atoms with Crippen LogP contribution in [-0.4, -0.2) is 52.1 Å². The van der Waals surface area contributed by atoms with Gasteiger partial charge in [-0.3, -0.25) is 4.79 Å². The molecule has 1 amide bonds. The number of nitrogens with zero attached hydrogens (tertiary/aromatic N) is 5. The van der Waals surface area contributed by atoms with E-state index in [0.717, 1.165) is 17.7 Å². The average molecular weight is 566 g/mol. The fraction of sp³-hybridized carbons (Fsp3) is 0.419. The summed E-state index contributed by atoms with van der Waals surface area (Å²) in [6, 6.07) is 14.9. The molecule has 10 heteroatoms. The predicted octanol–water partition coefficient (Wildman–Crippen LogP) is 6.73. The number of carbonyl (C=O) groups is 1. The lowest BCUT2D eigenvalue weighted by Crippen LogP contribution is -2.38. The Labute approximate surface area is 237 Å². The van der Waals surface area contributed by atoms with Gasteiger partial charge in [0.1, 0.15) is 22.7 Å². The van der Waals surface area contributed by atoms with Gasteiger partial charge in [-0.05, 0) is 36.5 Å². The van der Waals surface area contributed by atoms with Crippen LogP contribution in [0, 0.1) is 5.92 Å². The summed E-state index contributed by atoms with van der Waals surface area (Å²) in [5.41, 5.74) is 1.03. The fourth-order valence-corrected chi connectivity index (χ4v) is 5.41. The zero-order valence-corrected chi connectivity index (χ0v) is 23.5. The van der Waals surface area contributed by atoms with Gasteiger partial charge in [0.25, 0.3) is 5.71 Å². The molecule has 1 fully saturated rings. The van der Waals surface area contributed by atoms with Crippen LogP contribution in [0.2, 0.25) is 0 Å². The summed E-state index contributed by atoms with van der Waals surface area (Å²) in [6.45, 7) is 8.38. The third-order valence-corrected chi connectivity index (χ3v) is 7.43. The third kappa shape index (κ3) is 6.21. The average Bonchev–Trinajstić information content (AvgIpc) is 3.21. The molecule has 0 bridgehead atoms. The molecule has 0 radical (unpaired) electrons. The minimum absolute atomic E-state index is 0.100. The van der Waals surface area contributed by atoms with E-state index in [2.05, 4.69) is 28.9 Å². The quantitative estimate of drug-likeness (QED) is 0.247. The van der Waals surface area contributed by atoms with E-state index in [1.54, 1.807) is 6.07 Å². The Bertz CT molecular complexity index is 1500. The molecular formula is C31H34F3N5O2. The highest BCUT2D eigenvalue weighted by Gasteiger charge is 2.32. The highest BCUT2D eigenvalue weighted by Crippen LogP contribution is 2.37. The number of hydrogen-bond acceptors (Lipinski definition) is 6. The molecule has 0 N–H and O–H groups in total. The van der Waals surface area contributed by atoms with Crippen molar-refractivity contribution in [3.05, 3.63) is 71.5 Å². The number of anilines is 1. The Hall–Kier alpha value is -3.95. The molecule has 0 saturated carbocycles. The molecule has 2 aromatic heterocycles. The van der Waals surface area contributed by atoms with Crippen LogP contribution in [0.4, 0.5) is 19.0 Å². The number of fused-ring (bicyclic) bond motifs is 1. The Morgan fingerprint density at radius 2 is 1.78 bits per heavy atom. The number of amides is 1. The number of halogens is 3. The van der Waals surface area contributed by atoms with E-state index in [-0.39, 0.29) is 34.7 Å². The number of aromatic nitrogens is 3. The first-order valence-electron chi connectivity index (χ1n) is 14.1. The first-order valence-corrected chi connectivity index (χ1v) is 14.1. The van der Waals surface area contributed by atoms with Gasteiger partial charge in [-0.2, -0.15) is 18.2 Å². The van der Waals surface area contributed by atoms with Crippen LogP contribution in [0.3, 0.4) is 0 Å². The van der Waals surface area contributed by atoms with Gasteiger partial charge in [-0.25, -0.2) is 4.98 Å². The molecule has 4 aromatic rings. The summed E-state index contributed by atoms with van der Waals surface area (Å²) in [5.74, 6) is 1.33. The number of rotatable bonds is 7. The summed E-state index contributed by atoms with van der Waals surface area (Å²) >= 11 is 0. The zero-order chi connectivity index (χ0) is 29.1. The molecule has 216 valence electrons. The highest BCUT2D eigenvalue weighted by atomic mass is 19.4. The molecule has 0 spiro atoms. The van der Waals surface area contributed by atoms with Gasteiger partial charge in [0.05, 0.1) is 11.5 Å². The van der Waals surface area contributed by atoms with Crippen LogP contribution in [0.25, 0.3) is 22.4 Å². The van der Waals surface area contributed by atoms with Gasteiger partial charge in [-0.15, -0.1) is 0 Å². The Kier molecular flexibility index (Phi) is 8.28. The van der Waals surface area contributed by atoms with E-state index in [0.29, 0.717) is 62.5 Å². The number of benzene rings is 2. The molecule has 1 aliphatic heterocycles. The summed E-state index contributed by atoms with van der Waals surface area (Å²) in [6.07, 6.45) is -2.46. The van der Waals surface area contributed by atoms with Gasteiger partial charge in [0.2, 0.25) is 5.91 Å². The first-order chi connectivity index (χ1) is 19.7. The fourth-order valence-electron chi connectivity index (χ4n) is 5.41. The topological polar surface area (TPSA) is 75.4 Å². The van der Waals surface area contributed by atoms with Crippen LogP contribution >= 0.6 is 0 Å².